The van der Waals surface area contributed by atoms with E-state index in [2.05, 4.69) is 55.0 Å². The van der Waals surface area contributed by atoms with E-state index in [1.807, 2.05) is 6.21 Å². The van der Waals surface area contributed by atoms with E-state index in [4.69, 9.17) is 0 Å². The van der Waals surface area contributed by atoms with Crippen molar-refractivity contribution in [2.45, 2.75) is 66.2 Å². The van der Waals surface area contributed by atoms with E-state index < -0.39 is 0 Å². The maximum absolute atomic E-state index is 10.6. The van der Waals surface area contributed by atoms with Crippen LogP contribution in [0.5, 0.6) is 5.75 Å². The number of aromatic hydroxyl groups is 1. The Morgan fingerprint density at radius 2 is 1.70 bits per heavy atom. The van der Waals surface area contributed by atoms with E-state index in [1.54, 1.807) is 0 Å². The second kappa shape index (κ2) is 14.6. The van der Waals surface area contributed by atoms with Crippen LogP contribution in [0.3, 0.4) is 0 Å². The summed E-state index contributed by atoms with van der Waals surface area (Å²) in [4.78, 5) is 6.95. The van der Waals surface area contributed by atoms with Gasteiger partial charge in [0.05, 0.1) is 6.54 Å². The molecule has 0 saturated heterocycles. The van der Waals surface area contributed by atoms with Crippen molar-refractivity contribution in [3.8, 4) is 5.75 Å². The van der Waals surface area contributed by atoms with E-state index in [0.29, 0.717) is 5.75 Å². The maximum Gasteiger partial charge on any atom is 0.127 e. The first-order valence-corrected chi connectivity index (χ1v) is 10.9. The van der Waals surface area contributed by atoms with Gasteiger partial charge >= 0.3 is 0 Å². The van der Waals surface area contributed by atoms with Crippen molar-refractivity contribution in [1.82, 2.24) is 10.2 Å². The molecule has 4 nitrogen and oxygen atoms in total. The molecule has 154 valence electrons. The molecular weight excluding hydrogens is 334 g/mol. The van der Waals surface area contributed by atoms with Crippen LogP contribution in [0.2, 0.25) is 0 Å². The lowest BCUT2D eigenvalue weighted by Crippen LogP contribution is -2.32. The topological polar surface area (TPSA) is 47.9 Å². The largest absolute Gasteiger partial charge is 0.507 e. The van der Waals surface area contributed by atoms with Gasteiger partial charge in [-0.05, 0) is 56.0 Å². The van der Waals surface area contributed by atoms with E-state index in [9.17, 15) is 5.11 Å². The molecule has 0 unspecified atom stereocenters. The van der Waals surface area contributed by atoms with Crippen LogP contribution in [0, 0.1) is 0 Å². The van der Waals surface area contributed by atoms with Crippen LogP contribution >= 0.6 is 0 Å². The quantitative estimate of drug-likeness (QED) is 0.352. The molecule has 0 bridgehead atoms. The first kappa shape index (κ1) is 23.6. The number of phenols is 1. The van der Waals surface area contributed by atoms with Crippen LogP contribution in [-0.4, -0.2) is 55.5 Å². The number of nitrogens with zero attached hydrogens (tertiary/aromatic N) is 2. The fourth-order valence-electron chi connectivity index (χ4n) is 3.18. The Hall–Kier alpha value is -1.39. The summed E-state index contributed by atoms with van der Waals surface area (Å²) in [6, 6.07) is 4.30. The Morgan fingerprint density at radius 3 is 2.37 bits per heavy atom. The molecule has 1 rings (SSSR count). The molecule has 0 spiro atoms. The maximum atomic E-state index is 10.6. The van der Waals surface area contributed by atoms with Crippen LogP contribution < -0.4 is 5.32 Å². The zero-order chi connectivity index (χ0) is 19.9. The van der Waals surface area contributed by atoms with E-state index in [-0.39, 0.29) is 0 Å². The smallest absolute Gasteiger partial charge is 0.127 e. The minimum atomic E-state index is 0.418. The van der Waals surface area contributed by atoms with Gasteiger partial charge in [0, 0.05) is 31.4 Å². The number of benzene rings is 1. The highest BCUT2D eigenvalue weighted by atomic mass is 16.3. The van der Waals surface area contributed by atoms with Crippen molar-refractivity contribution in [3.63, 3.8) is 0 Å². The van der Waals surface area contributed by atoms with Gasteiger partial charge in [-0.25, -0.2) is 0 Å². The molecule has 4 heteroatoms. The SMILES string of the molecule is CCCCc1cc(/C=N/CCNCCN(CC)CC)c(O)c(CCCC)c1. The van der Waals surface area contributed by atoms with Crippen molar-refractivity contribution in [2.24, 2.45) is 4.99 Å². The van der Waals surface area contributed by atoms with Gasteiger partial charge in [-0.15, -0.1) is 0 Å². The molecule has 0 radical (unpaired) electrons. The third-order valence-electron chi connectivity index (χ3n) is 5.04. The third kappa shape index (κ3) is 9.39. The number of hydrogen-bond donors (Lipinski definition) is 2. The lowest BCUT2D eigenvalue weighted by Gasteiger charge is -2.17. The minimum Gasteiger partial charge on any atom is -0.507 e. The number of unbranched alkanes of at least 4 members (excludes halogenated alkanes) is 2. The normalized spacial score (nSPS) is 11.7. The number of phenolic OH excluding ortho intramolecular Hbond substituents is 1. The van der Waals surface area contributed by atoms with E-state index in [0.717, 1.165) is 76.1 Å². The Bertz CT molecular complexity index is 539. The summed E-state index contributed by atoms with van der Waals surface area (Å²) in [5, 5.41) is 14.1. The molecular formula is C23H41N3O. The fourth-order valence-corrected chi connectivity index (χ4v) is 3.18. The number of nitrogens with one attached hydrogen (secondary N) is 1. The lowest BCUT2D eigenvalue weighted by atomic mass is 9.97. The predicted molar refractivity (Wildman–Crippen MR) is 118 cm³/mol. The summed E-state index contributed by atoms with van der Waals surface area (Å²) in [5.41, 5.74) is 3.27. The van der Waals surface area contributed by atoms with Crippen molar-refractivity contribution in [3.05, 3.63) is 28.8 Å². The molecule has 1 aromatic carbocycles. The molecule has 27 heavy (non-hydrogen) atoms. The summed E-state index contributed by atoms with van der Waals surface area (Å²) in [6.45, 7) is 14.7. The highest BCUT2D eigenvalue weighted by Crippen LogP contribution is 2.26. The average molecular weight is 376 g/mol. The lowest BCUT2D eigenvalue weighted by molar-refractivity contribution is 0.303. The molecule has 0 amide bonds. The molecule has 2 N–H and O–H groups in total. The second-order valence-corrected chi connectivity index (χ2v) is 7.21. The van der Waals surface area contributed by atoms with Gasteiger partial charge in [0.15, 0.2) is 0 Å². The van der Waals surface area contributed by atoms with Crippen LogP contribution in [0.1, 0.15) is 70.1 Å². The van der Waals surface area contributed by atoms with Gasteiger partial charge in [0.2, 0.25) is 0 Å². The summed E-state index contributed by atoms with van der Waals surface area (Å²) in [6.07, 6.45) is 8.49. The van der Waals surface area contributed by atoms with Gasteiger partial charge in [0.25, 0.3) is 0 Å². The Labute approximate surface area is 167 Å². The number of hydrogen-bond acceptors (Lipinski definition) is 4. The number of rotatable bonds is 15. The highest BCUT2D eigenvalue weighted by Gasteiger charge is 2.08. The van der Waals surface area contributed by atoms with Crippen molar-refractivity contribution >= 4 is 6.21 Å². The summed E-state index contributed by atoms with van der Waals surface area (Å²) < 4.78 is 0. The Kier molecular flexibility index (Phi) is 12.8. The standard InChI is InChI=1S/C23H41N3O/c1-5-9-11-20-17-21(12-10-6-2)23(27)22(18-20)19-25-14-13-24-15-16-26(7-3)8-4/h17-19,24,27H,5-16H2,1-4H3/b25-19+. The van der Waals surface area contributed by atoms with Crippen molar-refractivity contribution in [1.29, 1.82) is 0 Å². The van der Waals surface area contributed by atoms with Crippen LogP contribution in [0.15, 0.2) is 17.1 Å². The molecule has 1 aromatic rings. The zero-order valence-electron chi connectivity index (χ0n) is 18.1. The molecule has 0 aromatic heterocycles. The average Bonchev–Trinajstić information content (AvgIpc) is 2.69. The first-order valence-electron chi connectivity index (χ1n) is 10.9. The molecule has 0 heterocycles. The molecule has 0 atom stereocenters. The number of likely N-dealkylation sites (N-methyl/N-ethyl adjacent to an activating group) is 1. The first-order chi connectivity index (χ1) is 13.2. The van der Waals surface area contributed by atoms with Gasteiger partial charge in [0.1, 0.15) is 5.75 Å². The van der Waals surface area contributed by atoms with E-state index >= 15 is 0 Å². The zero-order valence-corrected chi connectivity index (χ0v) is 18.1. The second-order valence-electron chi connectivity index (χ2n) is 7.21. The summed E-state index contributed by atoms with van der Waals surface area (Å²) in [5.74, 6) is 0.418. The van der Waals surface area contributed by atoms with E-state index in [1.165, 1.54) is 18.4 Å². The number of aliphatic imine (C=N–C) groups is 1. The minimum absolute atomic E-state index is 0.418. The molecule has 0 aliphatic heterocycles. The van der Waals surface area contributed by atoms with Crippen LogP contribution in [0.25, 0.3) is 0 Å². The molecule has 0 aliphatic carbocycles. The Balaban J connectivity index is 2.59. The molecule has 0 saturated carbocycles. The van der Waals surface area contributed by atoms with Gasteiger partial charge in [-0.1, -0.05) is 46.6 Å². The predicted octanol–water partition coefficient (Wildman–Crippen LogP) is 4.43. The van der Waals surface area contributed by atoms with Gasteiger partial charge < -0.3 is 15.3 Å². The number of aryl methyl sites for hydroxylation is 2. The van der Waals surface area contributed by atoms with Crippen LogP contribution in [0.4, 0.5) is 0 Å². The van der Waals surface area contributed by atoms with Crippen LogP contribution in [-0.2, 0) is 12.8 Å². The van der Waals surface area contributed by atoms with Crippen molar-refractivity contribution < 1.29 is 5.11 Å². The summed E-state index contributed by atoms with van der Waals surface area (Å²) in [7, 11) is 0. The van der Waals surface area contributed by atoms with Gasteiger partial charge in [-0.3, -0.25) is 4.99 Å². The molecule has 0 fully saturated rings. The fraction of sp³-hybridized carbons (Fsp3) is 0.696. The Morgan fingerprint density at radius 1 is 1.00 bits per heavy atom. The highest BCUT2D eigenvalue weighted by molar-refractivity contribution is 5.84. The monoisotopic (exact) mass is 375 g/mol. The van der Waals surface area contributed by atoms with Gasteiger partial charge in [-0.2, -0.15) is 0 Å². The molecule has 0 aliphatic rings. The van der Waals surface area contributed by atoms with Crippen molar-refractivity contribution in [2.75, 3.05) is 39.3 Å². The third-order valence-corrected chi connectivity index (χ3v) is 5.04. The summed E-state index contributed by atoms with van der Waals surface area (Å²) >= 11 is 0.